The van der Waals surface area contributed by atoms with E-state index in [0.29, 0.717) is 5.69 Å². The summed E-state index contributed by atoms with van der Waals surface area (Å²) in [4.78, 5) is 29.7. The van der Waals surface area contributed by atoms with Crippen LogP contribution in [-0.4, -0.2) is 14.5 Å². The molecule has 3 N–H and O–H groups in total. The minimum atomic E-state index is -0.644. The van der Waals surface area contributed by atoms with E-state index < -0.39 is 17.1 Å². The lowest BCUT2D eigenvalue weighted by Gasteiger charge is -2.05. The summed E-state index contributed by atoms with van der Waals surface area (Å²) in [5, 5.41) is 0.182. The van der Waals surface area contributed by atoms with Gasteiger partial charge in [0.15, 0.2) is 10.8 Å². The Morgan fingerprint density at radius 1 is 1.26 bits per heavy atom. The Hall–Kier alpha value is -2.48. The summed E-state index contributed by atoms with van der Waals surface area (Å²) in [6.45, 7) is 0. The fourth-order valence-electron chi connectivity index (χ4n) is 1.76. The molecule has 0 amide bonds. The number of nitrogens with zero attached hydrogens (tertiary/aromatic N) is 2. The molecular weight excluding hydrogens is 271 g/mol. The highest BCUT2D eigenvalue weighted by Crippen LogP contribution is 2.20. The maximum Gasteiger partial charge on any atom is 0.334 e. The van der Waals surface area contributed by atoms with E-state index in [9.17, 15) is 14.0 Å². The SMILES string of the molecule is Nc1nc2c(s1)c(=O)[nH]c(=O)n2-c1ccc(F)cc1. The number of halogens is 1. The first kappa shape index (κ1) is 11.6. The number of aromatic amines is 1. The number of rotatable bonds is 1. The predicted molar refractivity (Wildman–Crippen MR) is 70.2 cm³/mol. The standard InChI is InChI=1S/C11H7FN4O2S/c12-5-1-3-6(4-2-5)16-8-7(19-10(13)14-8)9(17)15-11(16)18/h1-4H,(H2,13,14)(H,15,17,18). The summed E-state index contributed by atoms with van der Waals surface area (Å²) in [6, 6.07) is 5.27. The fourth-order valence-corrected chi connectivity index (χ4v) is 2.48. The number of thiazole rings is 1. The monoisotopic (exact) mass is 278 g/mol. The smallest absolute Gasteiger partial charge is 0.334 e. The summed E-state index contributed by atoms with van der Waals surface area (Å²) >= 11 is 0.989. The first-order valence-corrected chi connectivity index (χ1v) is 6.05. The summed E-state index contributed by atoms with van der Waals surface area (Å²) < 4.78 is 14.3. The lowest BCUT2D eigenvalue weighted by atomic mass is 10.3. The molecule has 8 heteroatoms. The lowest BCUT2D eigenvalue weighted by molar-refractivity contribution is 0.627. The molecule has 19 heavy (non-hydrogen) atoms. The van der Waals surface area contributed by atoms with E-state index in [-0.39, 0.29) is 15.5 Å². The minimum Gasteiger partial charge on any atom is -0.375 e. The van der Waals surface area contributed by atoms with Crippen LogP contribution in [0.15, 0.2) is 33.9 Å². The molecule has 0 radical (unpaired) electrons. The van der Waals surface area contributed by atoms with E-state index in [0.717, 1.165) is 11.3 Å². The number of H-pyrrole nitrogens is 1. The Morgan fingerprint density at radius 2 is 1.95 bits per heavy atom. The van der Waals surface area contributed by atoms with Crippen LogP contribution < -0.4 is 17.0 Å². The van der Waals surface area contributed by atoms with Crippen molar-refractivity contribution in [2.75, 3.05) is 5.73 Å². The Bertz CT molecular complexity index is 878. The molecule has 3 aromatic rings. The number of fused-ring (bicyclic) bond motifs is 1. The van der Waals surface area contributed by atoms with Crippen molar-refractivity contribution >= 4 is 26.8 Å². The van der Waals surface area contributed by atoms with Gasteiger partial charge in [0, 0.05) is 0 Å². The van der Waals surface area contributed by atoms with E-state index in [1.807, 2.05) is 0 Å². The molecule has 6 nitrogen and oxygen atoms in total. The third kappa shape index (κ3) is 1.82. The highest BCUT2D eigenvalue weighted by molar-refractivity contribution is 7.21. The summed E-state index contributed by atoms with van der Waals surface area (Å²) in [5.41, 5.74) is 4.95. The molecule has 0 aliphatic rings. The second-order valence-corrected chi connectivity index (χ2v) is 4.81. The lowest BCUT2D eigenvalue weighted by Crippen LogP contribution is -2.28. The van der Waals surface area contributed by atoms with E-state index in [4.69, 9.17) is 5.73 Å². The van der Waals surface area contributed by atoms with Gasteiger partial charge >= 0.3 is 5.69 Å². The summed E-state index contributed by atoms with van der Waals surface area (Å²) in [7, 11) is 0. The van der Waals surface area contributed by atoms with Gasteiger partial charge in [0.25, 0.3) is 5.56 Å². The summed E-state index contributed by atoms with van der Waals surface area (Å²) in [5.74, 6) is -0.421. The number of nitrogen functional groups attached to an aromatic ring is 1. The van der Waals surface area contributed by atoms with Crippen molar-refractivity contribution in [2.45, 2.75) is 0 Å². The second kappa shape index (κ2) is 4.02. The van der Waals surface area contributed by atoms with Gasteiger partial charge in [-0.1, -0.05) is 11.3 Å². The van der Waals surface area contributed by atoms with Crippen LogP contribution >= 0.6 is 11.3 Å². The zero-order valence-electron chi connectivity index (χ0n) is 9.38. The highest BCUT2D eigenvalue weighted by Gasteiger charge is 2.13. The van der Waals surface area contributed by atoms with Crippen LogP contribution in [0.2, 0.25) is 0 Å². The van der Waals surface area contributed by atoms with Crippen molar-refractivity contribution in [3.8, 4) is 5.69 Å². The number of nitrogens with one attached hydrogen (secondary N) is 1. The van der Waals surface area contributed by atoms with Crippen molar-refractivity contribution in [3.63, 3.8) is 0 Å². The molecule has 2 aromatic heterocycles. The molecule has 0 saturated carbocycles. The van der Waals surface area contributed by atoms with E-state index in [2.05, 4.69) is 9.97 Å². The van der Waals surface area contributed by atoms with E-state index in [1.165, 1.54) is 28.8 Å². The molecule has 0 unspecified atom stereocenters. The molecule has 0 spiro atoms. The van der Waals surface area contributed by atoms with Crippen LogP contribution in [0.3, 0.4) is 0 Å². The average molecular weight is 278 g/mol. The molecular formula is C11H7FN4O2S. The molecule has 0 bridgehead atoms. The van der Waals surface area contributed by atoms with Crippen molar-refractivity contribution in [3.05, 3.63) is 50.9 Å². The largest absolute Gasteiger partial charge is 0.375 e. The molecule has 3 rings (SSSR count). The Kier molecular flexibility index (Phi) is 2.46. The number of hydrogen-bond acceptors (Lipinski definition) is 5. The van der Waals surface area contributed by atoms with Gasteiger partial charge in [-0.3, -0.25) is 9.78 Å². The zero-order valence-corrected chi connectivity index (χ0v) is 10.2. The minimum absolute atomic E-state index is 0.169. The number of aromatic nitrogens is 3. The van der Waals surface area contributed by atoms with Gasteiger partial charge in [-0.15, -0.1) is 0 Å². The molecule has 0 aliphatic carbocycles. The van der Waals surface area contributed by atoms with Crippen molar-refractivity contribution in [2.24, 2.45) is 0 Å². The predicted octanol–water partition coefficient (Wildman–Crippen LogP) is 0.857. The normalized spacial score (nSPS) is 11.0. The Labute approximate surface area is 109 Å². The summed E-state index contributed by atoms with van der Waals surface area (Å²) in [6.07, 6.45) is 0. The van der Waals surface area contributed by atoms with Gasteiger partial charge in [0.05, 0.1) is 5.69 Å². The molecule has 0 aliphatic heterocycles. The van der Waals surface area contributed by atoms with Gasteiger partial charge in [0.2, 0.25) is 0 Å². The third-order valence-electron chi connectivity index (χ3n) is 2.55. The van der Waals surface area contributed by atoms with Crippen molar-refractivity contribution in [1.29, 1.82) is 0 Å². The topological polar surface area (TPSA) is 93.8 Å². The number of anilines is 1. The van der Waals surface area contributed by atoms with E-state index in [1.54, 1.807) is 0 Å². The molecule has 0 saturated heterocycles. The van der Waals surface area contributed by atoms with Crippen molar-refractivity contribution < 1.29 is 4.39 Å². The van der Waals surface area contributed by atoms with Gasteiger partial charge in [-0.25, -0.2) is 18.7 Å². The molecule has 2 heterocycles. The second-order valence-electron chi connectivity index (χ2n) is 3.78. The third-order valence-corrected chi connectivity index (χ3v) is 3.42. The van der Waals surface area contributed by atoms with Crippen LogP contribution in [0.1, 0.15) is 0 Å². The first-order valence-electron chi connectivity index (χ1n) is 5.23. The number of nitrogens with two attached hydrogens (primary N) is 1. The molecule has 0 atom stereocenters. The first-order chi connectivity index (χ1) is 9.06. The van der Waals surface area contributed by atoms with Gasteiger partial charge in [0.1, 0.15) is 10.5 Å². The Balaban J connectivity index is 2.43. The van der Waals surface area contributed by atoms with Crippen molar-refractivity contribution in [1.82, 2.24) is 14.5 Å². The molecule has 0 fully saturated rings. The van der Waals surface area contributed by atoms with Crippen LogP contribution in [0.5, 0.6) is 0 Å². The van der Waals surface area contributed by atoms with Crippen LogP contribution in [0, 0.1) is 5.82 Å². The van der Waals surface area contributed by atoms with Crippen LogP contribution in [0.4, 0.5) is 9.52 Å². The van der Waals surface area contributed by atoms with Crippen LogP contribution in [-0.2, 0) is 0 Å². The average Bonchev–Trinajstić information content (AvgIpc) is 2.73. The quantitative estimate of drug-likeness (QED) is 0.690. The number of hydrogen-bond donors (Lipinski definition) is 2. The molecule has 96 valence electrons. The van der Waals surface area contributed by atoms with E-state index >= 15 is 0 Å². The zero-order chi connectivity index (χ0) is 13.6. The maximum absolute atomic E-state index is 12.9. The maximum atomic E-state index is 12.9. The Morgan fingerprint density at radius 3 is 2.63 bits per heavy atom. The van der Waals surface area contributed by atoms with Gasteiger partial charge < -0.3 is 5.73 Å². The highest BCUT2D eigenvalue weighted by atomic mass is 32.1. The van der Waals surface area contributed by atoms with Gasteiger partial charge in [-0.05, 0) is 24.3 Å². The number of benzene rings is 1. The molecule has 1 aromatic carbocycles. The van der Waals surface area contributed by atoms with Crippen LogP contribution in [0.25, 0.3) is 16.0 Å². The fraction of sp³-hybridized carbons (Fsp3) is 0. The van der Waals surface area contributed by atoms with Gasteiger partial charge in [-0.2, -0.15) is 0 Å².